The van der Waals surface area contributed by atoms with E-state index in [1.807, 2.05) is 13.1 Å². The van der Waals surface area contributed by atoms with E-state index in [0.717, 1.165) is 13.1 Å². The summed E-state index contributed by atoms with van der Waals surface area (Å²) in [6.45, 7) is 2.43. The Morgan fingerprint density at radius 2 is 2.60 bits per heavy atom. The second-order valence-corrected chi connectivity index (χ2v) is 3.60. The van der Waals surface area contributed by atoms with Gasteiger partial charge >= 0.3 is 0 Å². The van der Waals surface area contributed by atoms with Gasteiger partial charge in [-0.05, 0) is 7.05 Å². The molecule has 1 aromatic heterocycles. The zero-order valence-corrected chi connectivity index (χ0v) is 8.60. The Bertz CT molecular complexity index is 369. The first-order valence-electron chi connectivity index (χ1n) is 4.88. The predicted molar refractivity (Wildman–Crippen MR) is 51.9 cm³/mol. The van der Waals surface area contributed by atoms with Crippen molar-refractivity contribution in [2.45, 2.75) is 12.5 Å². The normalized spacial score (nSPS) is 22.5. The molecule has 1 atom stereocenters. The monoisotopic (exact) mass is 207 g/mol. The van der Waals surface area contributed by atoms with Crippen molar-refractivity contribution < 1.29 is 4.74 Å². The van der Waals surface area contributed by atoms with E-state index in [1.165, 1.54) is 0 Å². The molecule has 1 aliphatic rings. The lowest BCUT2D eigenvalue weighted by atomic mass is 10.3. The average molecular weight is 207 g/mol. The molecule has 1 saturated heterocycles. The van der Waals surface area contributed by atoms with Crippen LogP contribution in [0.25, 0.3) is 0 Å². The van der Waals surface area contributed by atoms with Crippen LogP contribution < -0.4 is 0 Å². The van der Waals surface area contributed by atoms with E-state index in [2.05, 4.69) is 20.1 Å². The summed E-state index contributed by atoms with van der Waals surface area (Å²) in [6, 6.07) is 2.02. The van der Waals surface area contributed by atoms with Crippen molar-refractivity contribution in [1.82, 2.24) is 20.1 Å². The summed E-state index contributed by atoms with van der Waals surface area (Å²) in [6.07, 6.45) is 0.183. The Labute approximate surface area is 87.9 Å². The van der Waals surface area contributed by atoms with Crippen LogP contribution in [0.1, 0.15) is 17.8 Å². The van der Waals surface area contributed by atoms with Gasteiger partial charge in [0.25, 0.3) is 0 Å². The molecule has 1 aromatic rings. The molecule has 1 fully saturated rings. The van der Waals surface area contributed by atoms with Gasteiger partial charge in [0.05, 0.1) is 19.1 Å². The van der Waals surface area contributed by atoms with Gasteiger partial charge in [0, 0.05) is 13.1 Å². The summed E-state index contributed by atoms with van der Waals surface area (Å²) < 4.78 is 5.56. The number of hydrogen-bond donors (Lipinski definition) is 1. The summed E-state index contributed by atoms with van der Waals surface area (Å²) in [5.74, 6) is 1.25. The highest BCUT2D eigenvalue weighted by Gasteiger charge is 2.23. The highest BCUT2D eigenvalue weighted by atomic mass is 16.5. The molecule has 0 bridgehead atoms. The quantitative estimate of drug-likeness (QED) is 0.731. The molecule has 0 amide bonds. The largest absolute Gasteiger partial charge is 0.367 e. The Kier molecular flexibility index (Phi) is 2.94. The number of aromatic nitrogens is 3. The number of rotatable bonds is 2. The Morgan fingerprint density at radius 3 is 3.33 bits per heavy atom. The fourth-order valence-corrected chi connectivity index (χ4v) is 1.54. The number of H-pyrrole nitrogens is 1. The van der Waals surface area contributed by atoms with Crippen LogP contribution in [0.4, 0.5) is 0 Å². The zero-order chi connectivity index (χ0) is 10.7. The summed E-state index contributed by atoms with van der Waals surface area (Å²) in [5.41, 5.74) is 0. The molecule has 0 aliphatic carbocycles. The van der Waals surface area contributed by atoms with Crippen LogP contribution in [0.2, 0.25) is 0 Å². The van der Waals surface area contributed by atoms with Crippen LogP contribution in [-0.4, -0.2) is 46.8 Å². The van der Waals surface area contributed by atoms with Gasteiger partial charge in [-0.1, -0.05) is 0 Å². The number of hydrogen-bond acceptors (Lipinski definition) is 5. The number of likely N-dealkylation sites (N-methyl/N-ethyl adjacent to an activating group) is 1. The smallest absolute Gasteiger partial charge is 0.180 e. The first-order chi connectivity index (χ1) is 7.29. The third kappa shape index (κ3) is 2.32. The highest BCUT2D eigenvalue weighted by molar-refractivity contribution is 5.00. The van der Waals surface area contributed by atoms with E-state index in [0.29, 0.717) is 18.3 Å². The fourth-order valence-electron chi connectivity index (χ4n) is 1.54. The molecule has 1 aliphatic heterocycles. The van der Waals surface area contributed by atoms with Gasteiger partial charge in [0.2, 0.25) is 0 Å². The van der Waals surface area contributed by atoms with Crippen molar-refractivity contribution in [2.24, 2.45) is 0 Å². The standard InChI is InChI=1S/C9H13N5O/c1-14-4-5-15-7(6-14)9-11-8(2-3-10)12-13-9/h7H,2,4-6H2,1H3,(H,11,12,13). The summed E-state index contributed by atoms with van der Waals surface area (Å²) in [7, 11) is 2.04. The Balaban J connectivity index is 2.05. The molecule has 0 aromatic carbocycles. The number of aromatic amines is 1. The predicted octanol–water partition coefficient (Wildman–Crippen LogP) is -0.126. The first kappa shape index (κ1) is 10.1. The lowest BCUT2D eigenvalue weighted by molar-refractivity contribution is -0.0253. The second-order valence-electron chi connectivity index (χ2n) is 3.60. The number of nitrogens with zero attached hydrogens (tertiary/aromatic N) is 4. The van der Waals surface area contributed by atoms with Crippen LogP contribution in [0.15, 0.2) is 0 Å². The molecule has 15 heavy (non-hydrogen) atoms. The summed E-state index contributed by atoms with van der Waals surface area (Å²) >= 11 is 0. The molecule has 80 valence electrons. The topological polar surface area (TPSA) is 77.8 Å². The molecule has 1 N–H and O–H groups in total. The minimum absolute atomic E-state index is 0.0764. The van der Waals surface area contributed by atoms with Gasteiger partial charge in [0.15, 0.2) is 5.82 Å². The number of ether oxygens (including phenoxy) is 1. The lowest BCUT2D eigenvalue weighted by Crippen LogP contribution is -2.35. The maximum atomic E-state index is 8.50. The molecule has 1 unspecified atom stereocenters. The SMILES string of the molecule is CN1CCOC(c2n[nH]c(CC#N)n2)C1. The van der Waals surface area contributed by atoms with Gasteiger partial charge < -0.3 is 9.64 Å². The first-order valence-corrected chi connectivity index (χ1v) is 4.88. The zero-order valence-electron chi connectivity index (χ0n) is 8.60. The average Bonchev–Trinajstić information content (AvgIpc) is 2.67. The van der Waals surface area contributed by atoms with Gasteiger partial charge in [-0.3, -0.25) is 5.10 Å². The van der Waals surface area contributed by atoms with Gasteiger partial charge in [0.1, 0.15) is 11.9 Å². The van der Waals surface area contributed by atoms with E-state index in [4.69, 9.17) is 10.00 Å². The molecule has 6 nitrogen and oxygen atoms in total. The number of morpholine rings is 1. The minimum atomic E-state index is -0.0764. The number of nitrogens with one attached hydrogen (secondary N) is 1. The summed E-state index contributed by atoms with van der Waals surface area (Å²) in [5, 5.41) is 15.3. The van der Waals surface area contributed by atoms with Gasteiger partial charge in [-0.2, -0.15) is 10.4 Å². The van der Waals surface area contributed by atoms with Gasteiger partial charge in [-0.15, -0.1) is 0 Å². The summed E-state index contributed by atoms with van der Waals surface area (Å²) in [4.78, 5) is 6.39. The fraction of sp³-hybridized carbons (Fsp3) is 0.667. The molecule has 0 radical (unpaired) electrons. The van der Waals surface area contributed by atoms with Gasteiger partial charge in [-0.25, -0.2) is 4.98 Å². The van der Waals surface area contributed by atoms with Crippen molar-refractivity contribution in [3.8, 4) is 6.07 Å². The highest BCUT2D eigenvalue weighted by Crippen LogP contribution is 2.17. The van der Waals surface area contributed by atoms with E-state index >= 15 is 0 Å². The maximum Gasteiger partial charge on any atom is 0.180 e. The van der Waals surface area contributed by atoms with Crippen molar-refractivity contribution in [3.05, 3.63) is 11.6 Å². The van der Waals surface area contributed by atoms with Crippen LogP contribution in [0.5, 0.6) is 0 Å². The second kappa shape index (κ2) is 4.38. The van der Waals surface area contributed by atoms with Crippen molar-refractivity contribution in [2.75, 3.05) is 26.7 Å². The lowest BCUT2D eigenvalue weighted by Gasteiger charge is -2.28. The van der Waals surface area contributed by atoms with Crippen molar-refractivity contribution >= 4 is 0 Å². The molecule has 0 spiro atoms. The van der Waals surface area contributed by atoms with Crippen LogP contribution in [0.3, 0.4) is 0 Å². The molecular formula is C9H13N5O. The molecule has 2 heterocycles. The van der Waals surface area contributed by atoms with E-state index in [-0.39, 0.29) is 12.5 Å². The van der Waals surface area contributed by atoms with Crippen LogP contribution >= 0.6 is 0 Å². The van der Waals surface area contributed by atoms with E-state index in [9.17, 15) is 0 Å². The molecule has 6 heteroatoms. The molecular weight excluding hydrogens is 194 g/mol. The van der Waals surface area contributed by atoms with Crippen molar-refractivity contribution in [3.63, 3.8) is 0 Å². The maximum absolute atomic E-state index is 8.50. The third-order valence-electron chi connectivity index (χ3n) is 2.35. The van der Waals surface area contributed by atoms with E-state index in [1.54, 1.807) is 0 Å². The molecule has 0 saturated carbocycles. The minimum Gasteiger partial charge on any atom is -0.367 e. The number of nitriles is 1. The van der Waals surface area contributed by atoms with Crippen LogP contribution in [0, 0.1) is 11.3 Å². The molecule has 2 rings (SSSR count). The van der Waals surface area contributed by atoms with E-state index < -0.39 is 0 Å². The third-order valence-corrected chi connectivity index (χ3v) is 2.35. The van der Waals surface area contributed by atoms with Crippen molar-refractivity contribution in [1.29, 1.82) is 5.26 Å². The Hall–Kier alpha value is -1.45. The Morgan fingerprint density at radius 1 is 1.73 bits per heavy atom. The van der Waals surface area contributed by atoms with Crippen LogP contribution in [-0.2, 0) is 11.2 Å².